The number of rotatable bonds is 3. The van der Waals surface area contributed by atoms with Gasteiger partial charge in [0.05, 0.1) is 5.56 Å². The number of hydrogen-bond acceptors (Lipinski definition) is 2. The maximum atomic E-state index is 11.1. The Labute approximate surface area is 95.7 Å². The van der Waals surface area contributed by atoms with Crippen molar-refractivity contribution >= 4 is 11.7 Å². The van der Waals surface area contributed by atoms with E-state index in [0.717, 1.165) is 30.8 Å². The number of carboxylic acids is 1. The standard InChI is InChI=1S/C13H17NO2/c1-9(2)8-14-7-6-10-11(13(15)16)4-3-5-12(10)14/h3-5,9H,6-8H2,1-2H3,(H,15,16). The molecule has 0 radical (unpaired) electrons. The van der Waals surface area contributed by atoms with Gasteiger partial charge in [-0.25, -0.2) is 4.79 Å². The molecule has 1 N–H and O–H groups in total. The Morgan fingerprint density at radius 3 is 2.88 bits per heavy atom. The van der Waals surface area contributed by atoms with Crippen molar-refractivity contribution in [3.63, 3.8) is 0 Å². The van der Waals surface area contributed by atoms with E-state index in [-0.39, 0.29) is 0 Å². The minimum Gasteiger partial charge on any atom is -0.478 e. The molecule has 1 aliphatic heterocycles. The number of carbonyl (C=O) groups is 1. The Kier molecular flexibility index (Phi) is 2.86. The molecule has 3 nitrogen and oxygen atoms in total. The van der Waals surface area contributed by atoms with Gasteiger partial charge in [0.15, 0.2) is 0 Å². The third-order valence-electron chi connectivity index (χ3n) is 2.94. The van der Waals surface area contributed by atoms with E-state index in [1.54, 1.807) is 6.07 Å². The summed E-state index contributed by atoms with van der Waals surface area (Å²) >= 11 is 0. The predicted molar refractivity (Wildman–Crippen MR) is 64.2 cm³/mol. The molecule has 2 rings (SSSR count). The van der Waals surface area contributed by atoms with E-state index in [1.807, 2.05) is 12.1 Å². The normalized spacial score (nSPS) is 14.3. The summed E-state index contributed by atoms with van der Waals surface area (Å²) in [6, 6.07) is 5.55. The molecule has 0 fully saturated rings. The topological polar surface area (TPSA) is 40.5 Å². The Morgan fingerprint density at radius 1 is 1.50 bits per heavy atom. The SMILES string of the molecule is CC(C)CN1CCc2c(C(=O)O)cccc21. The van der Waals surface area contributed by atoms with Crippen LogP contribution in [-0.4, -0.2) is 24.2 Å². The van der Waals surface area contributed by atoms with Crippen molar-refractivity contribution in [2.24, 2.45) is 5.92 Å². The molecule has 0 saturated heterocycles. The van der Waals surface area contributed by atoms with E-state index in [9.17, 15) is 4.79 Å². The summed E-state index contributed by atoms with van der Waals surface area (Å²) in [5, 5.41) is 9.10. The molecule has 0 amide bonds. The minimum absolute atomic E-state index is 0.462. The largest absolute Gasteiger partial charge is 0.478 e. The second-order valence-corrected chi connectivity index (χ2v) is 4.70. The first-order chi connectivity index (χ1) is 7.59. The van der Waals surface area contributed by atoms with Crippen molar-refractivity contribution in [2.45, 2.75) is 20.3 Å². The first-order valence-electron chi connectivity index (χ1n) is 5.69. The lowest BCUT2D eigenvalue weighted by atomic mass is 10.1. The molecule has 0 saturated carbocycles. The van der Waals surface area contributed by atoms with Crippen LogP contribution in [-0.2, 0) is 6.42 Å². The zero-order valence-electron chi connectivity index (χ0n) is 9.73. The Hall–Kier alpha value is -1.51. The van der Waals surface area contributed by atoms with E-state index >= 15 is 0 Å². The van der Waals surface area contributed by atoms with Gasteiger partial charge in [-0.15, -0.1) is 0 Å². The van der Waals surface area contributed by atoms with Crippen LogP contribution in [0.2, 0.25) is 0 Å². The fourth-order valence-electron chi connectivity index (χ4n) is 2.33. The lowest BCUT2D eigenvalue weighted by molar-refractivity contribution is 0.0696. The quantitative estimate of drug-likeness (QED) is 0.848. The van der Waals surface area contributed by atoms with Crippen LogP contribution >= 0.6 is 0 Å². The number of anilines is 1. The van der Waals surface area contributed by atoms with E-state index in [4.69, 9.17) is 5.11 Å². The monoisotopic (exact) mass is 219 g/mol. The van der Waals surface area contributed by atoms with Crippen molar-refractivity contribution in [3.8, 4) is 0 Å². The molecular formula is C13H17NO2. The predicted octanol–water partition coefficient (Wildman–Crippen LogP) is 2.40. The molecular weight excluding hydrogens is 202 g/mol. The molecule has 1 aromatic rings. The third kappa shape index (κ3) is 1.90. The number of carboxylic acid groups (broad SMARTS) is 1. The molecule has 0 unspecified atom stereocenters. The average Bonchev–Trinajstić information content (AvgIpc) is 2.60. The highest BCUT2D eigenvalue weighted by atomic mass is 16.4. The lowest BCUT2D eigenvalue weighted by Gasteiger charge is -2.21. The molecule has 0 spiro atoms. The van der Waals surface area contributed by atoms with Crippen molar-refractivity contribution in [1.29, 1.82) is 0 Å². The highest BCUT2D eigenvalue weighted by Gasteiger charge is 2.24. The summed E-state index contributed by atoms with van der Waals surface area (Å²) in [6.45, 7) is 6.30. The molecule has 3 heteroatoms. The molecule has 0 aromatic heterocycles. The molecule has 16 heavy (non-hydrogen) atoms. The van der Waals surface area contributed by atoms with Gasteiger partial charge >= 0.3 is 5.97 Å². The highest BCUT2D eigenvalue weighted by Crippen LogP contribution is 2.31. The number of nitrogens with zero attached hydrogens (tertiary/aromatic N) is 1. The third-order valence-corrected chi connectivity index (χ3v) is 2.94. The minimum atomic E-state index is -0.816. The summed E-state index contributed by atoms with van der Waals surface area (Å²) in [7, 11) is 0. The molecule has 1 heterocycles. The summed E-state index contributed by atoms with van der Waals surface area (Å²) in [4.78, 5) is 13.4. The van der Waals surface area contributed by atoms with Gasteiger partial charge in [-0.2, -0.15) is 0 Å². The average molecular weight is 219 g/mol. The first-order valence-corrected chi connectivity index (χ1v) is 5.69. The summed E-state index contributed by atoms with van der Waals surface area (Å²) < 4.78 is 0. The Bertz CT molecular complexity index is 412. The zero-order chi connectivity index (χ0) is 11.7. The molecule has 1 aliphatic rings. The summed E-state index contributed by atoms with van der Waals surface area (Å²) in [5.41, 5.74) is 2.56. The number of aromatic carboxylic acids is 1. The lowest BCUT2D eigenvalue weighted by Crippen LogP contribution is -2.25. The van der Waals surface area contributed by atoms with Crippen LogP contribution in [0.4, 0.5) is 5.69 Å². The molecule has 0 bridgehead atoms. The number of benzene rings is 1. The van der Waals surface area contributed by atoms with E-state index in [0.29, 0.717) is 11.5 Å². The number of fused-ring (bicyclic) bond motifs is 1. The van der Waals surface area contributed by atoms with Gasteiger partial charge in [-0.05, 0) is 30.0 Å². The fourth-order valence-corrected chi connectivity index (χ4v) is 2.33. The second kappa shape index (κ2) is 4.16. The van der Waals surface area contributed by atoms with Gasteiger partial charge in [-0.1, -0.05) is 19.9 Å². The van der Waals surface area contributed by atoms with Crippen molar-refractivity contribution < 1.29 is 9.90 Å². The van der Waals surface area contributed by atoms with Crippen molar-refractivity contribution in [2.75, 3.05) is 18.0 Å². The maximum absolute atomic E-state index is 11.1. The van der Waals surface area contributed by atoms with Crippen LogP contribution in [0.15, 0.2) is 18.2 Å². The Balaban J connectivity index is 2.34. The van der Waals surface area contributed by atoms with Gasteiger partial charge in [0.25, 0.3) is 0 Å². The van der Waals surface area contributed by atoms with E-state index < -0.39 is 5.97 Å². The summed E-state index contributed by atoms with van der Waals surface area (Å²) in [6.07, 6.45) is 0.852. The second-order valence-electron chi connectivity index (χ2n) is 4.70. The van der Waals surface area contributed by atoms with Gasteiger partial charge in [0.2, 0.25) is 0 Å². The molecule has 0 aliphatic carbocycles. The van der Waals surface area contributed by atoms with Crippen LogP contribution < -0.4 is 4.90 Å². The van der Waals surface area contributed by atoms with Gasteiger partial charge in [0, 0.05) is 18.8 Å². The van der Waals surface area contributed by atoms with Gasteiger partial charge in [0.1, 0.15) is 0 Å². The van der Waals surface area contributed by atoms with Crippen LogP contribution in [0.25, 0.3) is 0 Å². The molecule has 1 aromatic carbocycles. The summed E-state index contributed by atoms with van der Waals surface area (Å²) in [5.74, 6) is -0.220. The number of hydrogen-bond donors (Lipinski definition) is 1. The van der Waals surface area contributed by atoms with Crippen LogP contribution in [0.3, 0.4) is 0 Å². The van der Waals surface area contributed by atoms with Gasteiger partial charge in [-0.3, -0.25) is 0 Å². The van der Waals surface area contributed by atoms with Crippen LogP contribution in [0.1, 0.15) is 29.8 Å². The molecule has 0 atom stereocenters. The van der Waals surface area contributed by atoms with Crippen molar-refractivity contribution in [3.05, 3.63) is 29.3 Å². The Morgan fingerprint density at radius 2 is 2.25 bits per heavy atom. The smallest absolute Gasteiger partial charge is 0.336 e. The van der Waals surface area contributed by atoms with E-state index in [2.05, 4.69) is 18.7 Å². The van der Waals surface area contributed by atoms with Crippen LogP contribution in [0, 0.1) is 5.92 Å². The first kappa shape index (κ1) is 11.0. The highest BCUT2D eigenvalue weighted by molar-refractivity contribution is 5.92. The van der Waals surface area contributed by atoms with E-state index in [1.165, 1.54) is 0 Å². The van der Waals surface area contributed by atoms with Crippen molar-refractivity contribution in [1.82, 2.24) is 0 Å². The molecule has 86 valence electrons. The fraction of sp³-hybridized carbons (Fsp3) is 0.462. The maximum Gasteiger partial charge on any atom is 0.336 e. The zero-order valence-corrected chi connectivity index (χ0v) is 9.73. The van der Waals surface area contributed by atoms with Gasteiger partial charge < -0.3 is 10.0 Å². The van der Waals surface area contributed by atoms with Crippen LogP contribution in [0.5, 0.6) is 0 Å².